The quantitative estimate of drug-likeness (QED) is 0.616. The summed E-state index contributed by atoms with van der Waals surface area (Å²) in [5.41, 5.74) is 0. The second-order valence-electron chi connectivity index (χ2n) is 6.02. The molecule has 0 bridgehead atoms. The third kappa shape index (κ3) is 1.78. The molecule has 0 aliphatic heterocycles. The van der Waals surface area contributed by atoms with Crippen molar-refractivity contribution in [1.29, 1.82) is 0 Å². The third-order valence-corrected chi connectivity index (χ3v) is 4.52. The molecule has 13 heavy (non-hydrogen) atoms. The van der Waals surface area contributed by atoms with Crippen molar-refractivity contribution >= 4 is 0 Å². The highest BCUT2D eigenvalue weighted by Crippen LogP contribution is 2.58. The molecule has 0 saturated heterocycles. The van der Waals surface area contributed by atoms with Gasteiger partial charge in [0.25, 0.3) is 0 Å². The largest absolute Gasteiger partial charge is 0.0628 e. The smallest absolute Gasteiger partial charge is 0.0329 e. The lowest BCUT2D eigenvalue weighted by atomic mass is 9.68. The Hall–Kier alpha value is 0. The molecule has 0 nitrogen and oxygen atoms in total. The maximum Gasteiger partial charge on any atom is -0.0329 e. The first-order chi connectivity index (χ1) is 6.09. The second-order valence-corrected chi connectivity index (χ2v) is 6.02. The van der Waals surface area contributed by atoms with Gasteiger partial charge in [0.05, 0.1) is 0 Å². The summed E-state index contributed by atoms with van der Waals surface area (Å²) in [7, 11) is 0. The van der Waals surface area contributed by atoms with Crippen LogP contribution < -0.4 is 0 Å². The summed E-state index contributed by atoms with van der Waals surface area (Å²) >= 11 is 0. The predicted octanol–water partition coefficient (Wildman–Crippen LogP) is 3.96. The van der Waals surface area contributed by atoms with E-state index in [9.17, 15) is 0 Å². The van der Waals surface area contributed by atoms with E-state index in [4.69, 9.17) is 0 Å². The average Bonchev–Trinajstić information content (AvgIpc) is 2.51. The first kappa shape index (κ1) is 9.55. The summed E-state index contributed by atoms with van der Waals surface area (Å²) in [4.78, 5) is 0. The van der Waals surface area contributed by atoms with E-state index in [1.54, 1.807) is 12.8 Å². The van der Waals surface area contributed by atoms with Crippen LogP contribution in [0.15, 0.2) is 0 Å². The molecule has 0 N–H and O–H groups in total. The van der Waals surface area contributed by atoms with Gasteiger partial charge in [0.15, 0.2) is 0 Å². The molecule has 0 amide bonds. The van der Waals surface area contributed by atoms with Gasteiger partial charge in [-0.25, -0.2) is 0 Å². The summed E-state index contributed by atoms with van der Waals surface area (Å²) in [6.07, 6.45) is 4.58. The zero-order valence-corrected chi connectivity index (χ0v) is 9.59. The molecule has 0 radical (unpaired) electrons. The molecular weight excluding hydrogens is 156 g/mol. The van der Waals surface area contributed by atoms with Crippen LogP contribution in [0.4, 0.5) is 0 Å². The lowest BCUT2D eigenvalue weighted by Crippen LogP contribution is -2.27. The van der Waals surface area contributed by atoms with Crippen molar-refractivity contribution in [2.24, 2.45) is 35.5 Å². The van der Waals surface area contributed by atoms with E-state index in [-0.39, 0.29) is 0 Å². The molecule has 2 fully saturated rings. The molecule has 2 aliphatic rings. The summed E-state index contributed by atoms with van der Waals surface area (Å²) < 4.78 is 0. The van der Waals surface area contributed by atoms with Crippen LogP contribution in [0.3, 0.4) is 0 Å². The third-order valence-electron chi connectivity index (χ3n) is 4.52. The fourth-order valence-corrected chi connectivity index (χ4v) is 3.52. The monoisotopic (exact) mass is 180 g/mol. The van der Waals surface area contributed by atoms with Gasteiger partial charge in [-0.2, -0.15) is 0 Å². The second kappa shape index (κ2) is 3.29. The molecule has 2 aliphatic carbocycles. The molecular formula is C13H24. The van der Waals surface area contributed by atoms with Crippen LogP contribution in [-0.2, 0) is 0 Å². The Bertz CT molecular complexity index is 168. The Labute approximate surface area is 83.1 Å². The van der Waals surface area contributed by atoms with Gasteiger partial charge in [0, 0.05) is 0 Å². The predicted molar refractivity (Wildman–Crippen MR) is 57.5 cm³/mol. The highest BCUT2D eigenvalue weighted by atomic mass is 14.6. The molecule has 0 aromatic heterocycles. The number of rotatable bonds is 3. The topological polar surface area (TPSA) is 0 Å². The van der Waals surface area contributed by atoms with E-state index in [1.165, 1.54) is 6.42 Å². The van der Waals surface area contributed by atoms with E-state index in [0.717, 1.165) is 35.5 Å². The Kier molecular flexibility index (Phi) is 2.42. The maximum atomic E-state index is 2.44. The first-order valence-corrected chi connectivity index (χ1v) is 6.09. The van der Waals surface area contributed by atoms with Crippen molar-refractivity contribution < 1.29 is 0 Å². The van der Waals surface area contributed by atoms with Crippen molar-refractivity contribution in [3.05, 3.63) is 0 Å². The Morgan fingerprint density at radius 2 is 1.62 bits per heavy atom. The minimum absolute atomic E-state index is 0.917. The van der Waals surface area contributed by atoms with Gasteiger partial charge < -0.3 is 0 Å². The molecule has 2 unspecified atom stereocenters. The minimum Gasteiger partial charge on any atom is -0.0628 e. The van der Waals surface area contributed by atoms with Gasteiger partial charge in [-0.05, 0) is 54.8 Å². The van der Waals surface area contributed by atoms with Crippen LogP contribution in [0.1, 0.15) is 47.0 Å². The Balaban J connectivity index is 1.68. The minimum atomic E-state index is 0.917. The van der Waals surface area contributed by atoms with E-state index in [2.05, 4.69) is 27.7 Å². The van der Waals surface area contributed by atoms with Crippen LogP contribution in [0.25, 0.3) is 0 Å². The lowest BCUT2D eigenvalue weighted by Gasteiger charge is -2.37. The van der Waals surface area contributed by atoms with E-state index in [1.807, 2.05) is 0 Å². The van der Waals surface area contributed by atoms with Crippen molar-refractivity contribution in [2.75, 3.05) is 0 Å². The van der Waals surface area contributed by atoms with Gasteiger partial charge in [-0.1, -0.05) is 27.7 Å². The van der Waals surface area contributed by atoms with Gasteiger partial charge in [-0.15, -0.1) is 0 Å². The van der Waals surface area contributed by atoms with Crippen LogP contribution >= 0.6 is 0 Å². The normalized spacial score (nSPS) is 49.2. The Morgan fingerprint density at radius 3 is 2.00 bits per heavy atom. The van der Waals surface area contributed by atoms with Crippen LogP contribution in [0.2, 0.25) is 0 Å². The molecule has 2 saturated carbocycles. The van der Waals surface area contributed by atoms with Crippen LogP contribution in [0, 0.1) is 35.5 Å². The molecule has 0 heteroatoms. The number of hydrogen-bond donors (Lipinski definition) is 0. The van der Waals surface area contributed by atoms with Gasteiger partial charge >= 0.3 is 0 Å². The molecule has 2 atom stereocenters. The van der Waals surface area contributed by atoms with Crippen LogP contribution in [0.5, 0.6) is 0 Å². The average molecular weight is 180 g/mol. The van der Waals surface area contributed by atoms with Crippen molar-refractivity contribution in [3.8, 4) is 0 Å². The fourth-order valence-electron chi connectivity index (χ4n) is 3.52. The summed E-state index contributed by atoms with van der Waals surface area (Å²) in [6.45, 7) is 9.58. The van der Waals surface area contributed by atoms with Gasteiger partial charge in [0.1, 0.15) is 0 Å². The highest BCUT2D eigenvalue weighted by molar-refractivity contribution is 4.99. The van der Waals surface area contributed by atoms with Gasteiger partial charge in [0.2, 0.25) is 0 Å². The van der Waals surface area contributed by atoms with Crippen molar-refractivity contribution in [1.82, 2.24) is 0 Å². The molecule has 0 aromatic carbocycles. The molecule has 0 spiro atoms. The van der Waals surface area contributed by atoms with E-state index >= 15 is 0 Å². The number of hydrogen-bond acceptors (Lipinski definition) is 0. The van der Waals surface area contributed by atoms with Crippen LogP contribution in [-0.4, -0.2) is 0 Å². The summed E-state index contributed by atoms with van der Waals surface area (Å²) in [5.74, 6) is 6.33. The van der Waals surface area contributed by atoms with Crippen molar-refractivity contribution in [3.63, 3.8) is 0 Å². The molecule has 0 aromatic rings. The summed E-state index contributed by atoms with van der Waals surface area (Å²) in [6, 6.07) is 0. The highest BCUT2D eigenvalue weighted by Gasteiger charge is 2.51. The zero-order valence-electron chi connectivity index (χ0n) is 9.59. The SMILES string of the molecule is CC(C)CC1CC(C2C(C)C2C)C1. The fraction of sp³-hybridized carbons (Fsp3) is 1.00. The molecule has 0 heterocycles. The lowest BCUT2D eigenvalue weighted by molar-refractivity contribution is 0.136. The maximum absolute atomic E-state index is 2.44. The summed E-state index contributed by atoms with van der Waals surface area (Å²) in [5, 5.41) is 0. The first-order valence-electron chi connectivity index (χ1n) is 6.09. The molecule has 2 rings (SSSR count). The van der Waals surface area contributed by atoms with Gasteiger partial charge in [-0.3, -0.25) is 0 Å². The Morgan fingerprint density at radius 1 is 1.08 bits per heavy atom. The zero-order chi connectivity index (χ0) is 9.59. The van der Waals surface area contributed by atoms with E-state index in [0.29, 0.717) is 0 Å². The van der Waals surface area contributed by atoms with Crippen molar-refractivity contribution in [2.45, 2.75) is 47.0 Å². The van der Waals surface area contributed by atoms with E-state index < -0.39 is 0 Å². The molecule has 76 valence electrons. The standard InChI is InChI=1S/C13H24/c1-8(2)5-11-6-12(7-11)13-9(3)10(13)4/h8-13H,5-7H2,1-4H3.